The summed E-state index contributed by atoms with van der Waals surface area (Å²) < 4.78 is 0. The molecule has 2 saturated heterocycles. The van der Waals surface area contributed by atoms with Crippen molar-refractivity contribution in [3.8, 4) is 0 Å². The fourth-order valence-electron chi connectivity index (χ4n) is 3.10. The monoisotopic (exact) mass is 300 g/mol. The molecule has 1 atom stereocenters. The number of anilines is 2. The topological polar surface area (TPSA) is 61.0 Å². The number of nitrogens with zero attached hydrogens (tertiary/aromatic N) is 4. The van der Waals surface area contributed by atoms with Crippen molar-refractivity contribution >= 4 is 23.3 Å². The normalized spacial score (nSPS) is 21.0. The number of aryl methyl sites for hydroxylation is 1. The maximum absolute atomic E-state index is 10.7. The van der Waals surface area contributed by atoms with Gasteiger partial charge < -0.3 is 14.9 Å². The lowest BCUT2D eigenvalue weighted by Gasteiger charge is -2.43. The van der Waals surface area contributed by atoms with Crippen LogP contribution in [-0.2, 0) is 4.79 Å². The van der Waals surface area contributed by atoms with E-state index in [0.29, 0.717) is 11.7 Å². The number of aliphatic carboxylic acids is 1. The lowest BCUT2D eigenvalue weighted by atomic mass is 9.96. The van der Waals surface area contributed by atoms with E-state index >= 15 is 0 Å². The van der Waals surface area contributed by atoms with Gasteiger partial charge in [-0.3, -0.25) is 4.79 Å². The summed E-state index contributed by atoms with van der Waals surface area (Å²) >= 11 is 0. The summed E-state index contributed by atoms with van der Waals surface area (Å²) in [6.45, 7) is 13.9. The third-order valence-electron chi connectivity index (χ3n) is 4.60. The molecule has 3 heterocycles. The first-order valence-electron chi connectivity index (χ1n) is 7.62. The predicted molar refractivity (Wildman–Crippen MR) is 84.6 cm³/mol. The van der Waals surface area contributed by atoms with Gasteiger partial charge in [-0.1, -0.05) is 0 Å². The van der Waals surface area contributed by atoms with Gasteiger partial charge in [0.15, 0.2) is 0 Å². The van der Waals surface area contributed by atoms with Crippen LogP contribution in [-0.4, -0.2) is 41.7 Å². The van der Waals surface area contributed by atoms with E-state index in [2.05, 4.69) is 21.6 Å². The Bertz CT molecular complexity index is 646. The third kappa shape index (κ3) is 2.47. The molecule has 1 unspecified atom stereocenters. The number of carboxylic acids is 1. The molecule has 3 rings (SSSR count). The summed E-state index contributed by atoms with van der Waals surface area (Å²) in [6.07, 6.45) is 1.35. The first-order chi connectivity index (χ1) is 10.5. The van der Waals surface area contributed by atoms with Crippen LogP contribution in [0.15, 0.2) is 6.07 Å². The fraction of sp³-hybridized carbons (Fsp3) is 0.562. The first-order valence-corrected chi connectivity index (χ1v) is 7.62. The van der Waals surface area contributed by atoms with Gasteiger partial charge in [0.1, 0.15) is 11.6 Å². The minimum atomic E-state index is -0.743. The molecule has 0 aliphatic carbocycles. The zero-order valence-electron chi connectivity index (χ0n) is 12.9. The van der Waals surface area contributed by atoms with Crippen molar-refractivity contribution < 1.29 is 9.90 Å². The minimum absolute atomic E-state index is 0.200. The first kappa shape index (κ1) is 14.6. The molecule has 2 fully saturated rings. The van der Waals surface area contributed by atoms with E-state index in [1.807, 2.05) is 13.0 Å². The fourth-order valence-corrected chi connectivity index (χ4v) is 3.10. The van der Waals surface area contributed by atoms with Gasteiger partial charge in [-0.15, -0.1) is 0 Å². The number of aromatic nitrogens is 1. The SMILES string of the molecule is [C-]#[N+]c1c(C)cc(N2CC(CC(=O)O)C2)nc1N1CCC1C. The van der Waals surface area contributed by atoms with Crippen molar-refractivity contribution in [3.05, 3.63) is 23.0 Å². The van der Waals surface area contributed by atoms with E-state index in [4.69, 9.17) is 16.7 Å². The van der Waals surface area contributed by atoms with E-state index in [9.17, 15) is 4.79 Å². The zero-order chi connectivity index (χ0) is 15.9. The van der Waals surface area contributed by atoms with Crippen molar-refractivity contribution in [3.63, 3.8) is 0 Å². The maximum atomic E-state index is 10.7. The third-order valence-corrected chi connectivity index (χ3v) is 4.60. The Labute approximate surface area is 130 Å². The van der Waals surface area contributed by atoms with Gasteiger partial charge in [0.2, 0.25) is 5.69 Å². The van der Waals surface area contributed by atoms with Gasteiger partial charge in [0.25, 0.3) is 0 Å². The lowest BCUT2D eigenvalue weighted by molar-refractivity contribution is -0.138. The van der Waals surface area contributed by atoms with E-state index < -0.39 is 5.97 Å². The van der Waals surface area contributed by atoms with Crippen LogP contribution in [0.25, 0.3) is 4.85 Å². The van der Waals surface area contributed by atoms with Gasteiger partial charge in [0, 0.05) is 31.6 Å². The highest BCUT2D eigenvalue weighted by Crippen LogP contribution is 2.38. The zero-order valence-corrected chi connectivity index (χ0v) is 12.9. The van der Waals surface area contributed by atoms with Crippen LogP contribution >= 0.6 is 0 Å². The van der Waals surface area contributed by atoms with E-state index in [0.717, 1.165) is 43.3 Å². The van der Waals surface area contributed by atoms with Gasteiger partial charge in [-0.2, -0.15) is 0 Å². The minimum Gasteiger partial charge on any atom is -0.481 e. The molecule has 1 aromatic heterocycles. The van der Waals surface area contributed by atoms with Gasteiger partial charge in [-0.25, -0.2) is 9.83 Å². The van der Waals surface area contributed by atoms with E-state index in [1.165, 1.54) is 0 Å². The van der Waals surface area contributed by atoms with Gasteiger partial charge in [0.05, 0.1) is 13.0 Å². The second-order valence-electron chi connectivity index (χ2n) is 6.28. The largest absolute Gasteiger partial charge is 0.481 e. The Morgan fingerprint density at radius 3 is 2.77 bits per heavy atom. The summed E-state index contributed by atoms with van der Waals surface area (Å²) in [5.41, 5.74) is 1.58. The van der Waals surface area contributed by atoms with Crippen molar-refractivity contribution in [1.29, 1.82) is 0 Å². The van der Waals surface area contributed by atoms with Crippen LogP contribution in [0.1, 0.15) is 25.3 Å². The molecule has 6 heteroatoms. The molecule has 22 heavy (non-hydrogen) atoms. The molecule has 0 radical (unpaired) electrons. The summed E-state index contributed by atoms with van der Waals surface area (Å²) in [7, 11) is 0. The van der Waals surface area contributed by atoms with Gasteiger partial charge >= 0.3 is 5.97 Å². The quantitative estimate of drug-likeness (QED) is 0.866. The molecule has 1 aromatic rings. The summed E-state index contributed by atoms with van der Waals surface area (Å²) in [5.74, 6) is 1.10. The Kier molecular flexibility index (Phi) is 3.65. The van der Waals surface area contributed by atoms with Crippen LogP contribution in [0.3, 0.4) is 0 Å². The standard InChI is InChI=1S/C16H20N4O2/c1-10-6-13(19-8-12(9-19)7-14(21)22)18-16(15(10)17-3)20-5-4-11(20)2/h6,11-12H,4-5,7-9H2,1-2H3,(H,21,22). The molecular formula is C16H20N4O2. The molecule has 0 amide bonds. The van der Waals surface area contributed by atoms with Crippen molar-refractivity contribution in [2.24, 2.45) is 5.92 Å². The Hall–Kier alpha value is -2.29. The summed E-state index contributed by atoms with van der Waals surface area (Å²) in [5, 5.41) is 8.83. The number of carboxylic acid groups (broad SMARTS) is 1. The molecular weight excluding hydrogens is 280 g/mol. The average Bonchev–Trinajstić information content (AvgIpc) is 2.40. The second-order valence-corrected chi connectivity index (χ2v) is 6.28. The molecule has 1 N–H and O–H groups in total. The molecule has 6 nitrogen and oxygen atoms in total. The smallest absolute Gasteiger partial charge is 0.303 e. The summed E-state index contributed by atoms with van der Waals surface area (Å²) in [6, 6.07) is 2.37. The number of rotatable bonds is 4. The lowest BCUT2D eigenvalue weighted by Crippen LogP contribution is -2.49. The van der Waals surface area contributed by atoms with Gasteiger partial charge in [-0.05, 0) is 31.9 Å². The highest BCUT2D eigenvalue weighted by molar-refractivity contribution is 5.75. The van der Waals surface area contributed by atoms with E-state index in [-0.39, 0.29) is 12.3 Å². The molecule has 0 aromatic carbocycles. The Morgan fingerprint density at radius 1 is 1.55 bits per heavy atom. The highest BCUT2D eigenvalue weighted by Gasteiger charge is 2.32. The van der Waals surface area contributed by atoms with Crippen LogP contribution in [0.2, 0.25) is 0 Å². The predicted octanol–water partition coefficient (Wildman–Crippen LogP) is 2.45. The molecule has 0 saturated carbocycles. The van der Waals surface area contributed by atoms with Crippen LogP contribution in [0.5, 0.6) is 0 Å². The van der Waals surface area contributed by atoms with Crippen molar-refractivity contribution in [2.75, 3.05) is 29.4 Å². The molecule has 0 spiro atoms. The molecule has 116 valence electrons. The average molecular weight is 300 g/mol. The molecule has 2 aliphatic heterocycles. The summed E-state index contributed by atoms with van der Waals surface area (Å²) in [4.78, 5) is 23.4. The number of hydrogen-bond acceptors (Lipinski definition) is 4. The van der Waals surface area contributed by atoms with Crippen molar-refractivity contribution in [2.45, 2.75) is 32.7 Å². The number of carbonyl (C=O) groups is 1. The number of pyridine rings is 1. The highest BCUT2D eigenvalue weighted by atomic mass is 16.4. The Balaban J connectivity index is 1.82. The van der Waals surface area contributed by atoms with E-state index in [1.54, 1.807) is 0 Å². The van der Waals surface area contributed by atoms with Crippen molar-refractivity contribution in [1.82, 2.24) is 4.98 Å². The molecule has 2 aliphatic rings. The second kappa shape index (κ2) is 5.48. The van der Waals surface area contributed by atoms with Crippen LogP contribution < -0.4 is 9.80 Å². The Morgan fingerprint density at radius 2 is 2.27 bits per heavy atom. The van der Waals surface area contributed by atoms with Crippen LogP contribution in [0.4, 0.5) is 17.3 Å². The molecule has 0 bridgehead atoms. The van der Waals surface area contributed by atoms with Crippen LogP contribution in [0, 0.1) is 19.4 Å². The maximum Gasteiger partial charge on any atom is 0.303 e. The number of hydrogen-bond donors (Lipinski definition) is 1.